The summed E-state index contributed by atoms with van der Waals surface area (Å²) in [5.41, 5.74) is 1.29. The second-order valence-electron chi connectivity index (χ2n) is 1.70. The van der Waals surface area contributed by atoms with Crippen LogP contribution in [0.25, 0.3) is 0 Å². The number of rotatable bonds is 1. The monoisotopic (exact) mass is 178 g/mol. The molecule has 0 saturated heterocycles. The predicted molar refractivity (Wildman–Crippen MR) is 41.6 cm³/mol. The number of carboxylic acids is 1. The summed E-state index contributed by atoms with van der Waals surface area (Å²) >= 11 is 1.10. The van der Waals surface area contributed by atoms with E-state index in [0.29, 0.717) is 4.88 Å². The van der Waals surface area contributed by atoms with Gasteiger partial charge >= 0.3 is 5.97 Å². The summed E-state index contributed by atoms with van der Waals surface area (Å²) in [4.78, 5) is 14.3. The van der Waals surface area contributed by atoms with E-state index in [0.717, 1.165) is 11.3 Å². The number of nitriles is 1. The molecule has 1 N–H and O–H groups in total. The molecule has 12 heavy (non-hydrogen) atoms. The number of carbonyl (C=O) groups is 1. The second kappa shape index (κ2) is 3.51. The standard InChI is InChI=1S/C7H2N2O2S/c8-3-1-2-5-6(7(10)11)9-4-12-5/h4H,(H,10,11). The lowest BCUT2D eigenvalue weighted by molar-refractivity contribution is 0.0691. The summed E-state index contributed by atoms with van der Waals surface area (Å²) in [5.74, 6) is 3.37. The van der Waals surface area contributed by atoms with Gasteiger partial charge in [-0.2, -0.15) is 5.26 Å². The van der Waals surface area contributed by atoms with E-state index in [1.807, 2.05) is 0 Å². The minimum Gasteiger partial charge on any atom is -0.476 e. The average molecular weight is 178 g/mol. The van der Waals surface area contributed by atoms with Gasteiger partial charge in [-0.15, -0.1) is 11.3 Å². The number of carboxylic acid groups (broad SMARTS) is 1. The van der Waals surface area contributed by atoms with Gasteiger partial charge in [0.15, 0.2) is 11.8 Å². The van der Waals surface area contributed by atoms with Crippen molar-refractivity contribution < 1.29 is 9.90 Å². The third kappa shape index (κ3) is 1.60. The molecule has 0 saturated carbocycles. The van der Waals surface area contributed by atoms with Gasteiger partial charge in [-0.1, -0.05) is 0 Å². The van der Waals surface area contributed by atoms with Crippen molar-refractivity contribution in [2.75, 3.05) is 0 Å². The summed E-state index contributed by atoms with van der Waals surface area (Å²) in [6.07, 6.45) is 0. The maximum Gasteiger partial charge on any atom is 0.356 e. The maximum absolute atomic E-state index is 10.4. The molecule has 0 aliphatic carbocycles. The van der Waals surface area contributed by atoms with Crippen molar-refractivity contribution in [3.8, 4) is 17.9 Å². The second-order valence-corrected chi connectivity index (χ2v) is 2.55. The van der Waals surface area contributed by atoms with Crippen LogP contribution in [0.4, 0.5) is 0 Å². The van der Waals surface area contributed by atoms with Crippen LogP contribution in [-0.4, -0.2) is 16.1 Å². The van der Waals surface area contributed by atoms with E-state index in [1.165, 1.54) is 5.51 Å². The lowest BCUT2D eigenvalue weighted by atomic mass is 10.3. The van der Waals surface area contributed by atoms with Gasteiger partial charge in [0.1, 0.15) is 4.88 Å². The third-order valence-corrected chi connectivity index (χ3v) is 1.74. The molecule has 0 radical (unpaired) electrons. The summed E-state index contributed by atoms with van der Waals surface area (Å²) in [6.45, 7) is 0. The molecular formula is C7H2N2O2S. The summed E-state index contributed by atoms with van der Waals surface area (Å²) < 4.78 is 0. The van der Waals surface area contributed by atoms with E-state index < -0.39 is 5.97 Å². The zero-order valence-corrected chi connectivity index (χ0v) is 6.55. The molecular weight excluding hydrogens is 176 g/mol. The fourth-order valence-electron chi connectivity index (χ4n) is 0.572. The molecule has 0 bridgehead atoms. The Labute approximate surface area is 72.1 Å². The lowest BCUT2D eigenvalue weighted by Crippen LogP contribution is -1.98. The van der Waals surface area contributed by atoms with Gasteiger partial charge in [0.25, 0.3) is 0 Å². The van der Waals surface area contributed by atoms with Gasteiger partial charge in [-0.3, -0.25) is 0 Å². The van der Waals surface area contributed by atoms with Crippen molar-refractivity contribution in [2.24, 2.45) is 0 Å². The van der Waals surface area contributed by atoms with Crippen LogP contribution >= 0.6 is 11.3 Å². The summed E-state index contributed by atoms with van der Waals surface area (Å²) in [5, 5.41) is 16.7. The molecule has 0 amide bonds. The Kier molecular flexibility index (Phi) is 2.42. The molecule has 0 unspecified atom stereocenters. The Morgan fingerprint density at radius 3 is 3.08 bits per heavy atom. The Bertz CT molecular complexity index is 405. The number of nitrogens with zero attached hydrogens (tertiary/aromatic N) is 2. The van der Waals surface area contributed by atoms with Crippen LogP contribution in [0.1, 0.15) is 15.4 Å². The molecule has 4 nitrogen and oxygen atoms in total. The quantitative estimate of drug-likeness (QED) is 0.643. The van der Waals surface area contributed by atoms with Crippen LogP contribution in [0, 0.1) is 23.2 Å². The van der Waals surface area contributed by atoms with Crippen molar-refractivity contribution in [1.29, 1.82) is 5.26 Å². The SMILES string of the molecule is N#CC#Cc1scnc1C(=O)O. The zero-order valence-electron chi connectivity index (χ0n) is 5.74. The number of thiazole rings is 1. The van der Waals surface area contributed by atoms with Gasteiger partial charge in [-0.05, 0) is 5.92 Å². The first-order chi connectivity index (χ1) is 5.75. The fourth-order valence-corrected chi connectivity index (χ4v) is 1.20. The molecule has 5 heteroatoms. The molecule has 0 aromatic carbocycles. The topological polar surface area (TPSA) is 74.0 Å². The van der Waals surface area contributed by atoms with Gasteiger partial charge in [0, 0.05) is 5.92 Å². The van der Waals surface area contributed by atoms with E-state index in [9.17, 15) is 4.79 Å². The summed E-state index contributed by atoms with van der Waals surface area (Å²) in [6, 6.07) is 1.60. The molecule has 1 aromatic rings. The average Bonchev–Trinajstić information content (AvgIpc) is 2.48. The molecule has 1 rings (SSSR count). The molecule has 58 valence electrons. The third-order valence-electron chi connectivity index (χ3n) is 1.00. The van der Waals surface area contributed by atoms with Crippen LogP contribution in [0.3, 0.4) is 0 Å². The highest BCUT2D eigenvalue weighted by atomic mass is 32.1. The molecule has 0 spiro atoms. The van der Waals surface area contributed by atoms with E-state index in [1.54, 1.807) is 6.07 Å². The molecule has 0 fully saturated rings. The van der Waals surface area contributed by atoms with E-state index in [4.69, 9.17) is 10.4 Å². The van der Waals surface area contributed by atoms with Crippen LogP contribution < -0.4 is 0 Å². The minimum absolute atomic E-state index is 0.0947. The number of hydrogen-bond acceptors (Lipinski definition) is 4. The van der Waals surface area contributed by atoms with Crippen LogP contribution in [0.15, 0.2) is 5.51 Å². The van der Waals surface area contributed by atoms with Gasteiger partial charge in [0.2, 0.25) is 0 Å². The van der Waals surface area contributed by atoms with E-state index in [2.05, 4.69) is 16.8 Å². The van der Waals surface area contributed by atoms with Crippen LogP contribution in [-0.2, 0) is 0 Å². The Morgan fingerprint density at radius 1 is 1.75 bits per heavy atom. The first-order valence-electron chi connectivity index (χ1n) is 2.82. The van der Waals surface area contributed by atoms with Crippen molar-refractivity contribution in [2.45, 2.75) is 0 Å². The smallest absolute Gasteiger partial charge is 0.356 e. The first kappa shape index (κ1) is 8.25. The molecule has 0 aliphatic rings. The van der Waals surface area contributed by atoms with Gasteiger partial charge < -0.3 is 5.11 Å². The Balaban J connectivity index is 3.10. The largest absolute Gasteiger partial charge is 0.476 e. The normalized spacial score (nSPS) is 7.92. The summed E-state index contributed by atoms with van der Waals surface area (Å²) in [7, 11) is 0. The van der Waals surface area contributed by atoms with Gasteiger partial charge in [-0.25, -0.2) is 9.78 Å². The number of hydrogen-bond donors (Lipinski definition) is 1. The van der Waals surface area contributed by atoms with Gasteiger partial charge in [0.05, 0.1) is 5.51 Å². The maximum atomic E-state index is 10.4. The van der Waals surface area contributed by atoms with E-state index >= 15 is 0 Å². The molecule has 0 aliphatic heterocycles. The Morgan fingerprint density at radius 2 is 2.50 bits per heavy atom. The van der Waals surface area contributed by atoms with Crippen molar-refractivity contribution in [3.05, 3.63) is 16.1 Å². The fraction of sp³-hybridized carbons (Fsp3) is 0. The van der Waals surface area contributed by atoms with Crippen molar-refractivity contribution >= 4 is 17.3 Å². The number of aromatic nitrogens is 1. The highest BCUT2D eigenvalue weighted by Crippen LogP contribution is 2.10. The highest BCUT2D eigenvalue weighted by molar-refractivity contribution is 7.10. The lowest BCUT2D eigenvalue weighted by Gasteiger charge is -1.84. The predicted octanol–water partition coefficient (Wildman–Crippen LogP) is 0.716. The van der Waals surface area contributed by atoms with E-state index in [-0.39, 0.29) is 5.69 Å². The highest BCUT2D eigenvalue weighted by Gasteiger charge is 2.10. The zero-order chi connectivity index (χ0) is 8.97. The first-order valence-corrected chi connectivity index (χ1v) is 3.70. The molecule has 1 heterocycles. The molecule has 0 atom stereocenters. The van der Waals surface area contributed by atoms with Crippen LogP contribution in [0.5, 0.6) is 0 Å². The van der Waals surface area contributed by atoms with Crippen molar-refractivity contribution in [1.82, 2.24) is 4.98 Å². The van der Waals surface area contributed by atoms with Crippen LogP contribution in [0.2, 0.25) is 0 Å². The Hall–Kier alpha value is -1.85. The minimum atomic E-state index is -1.13. The molecule has 1 aromatic heterocycles. The van der Waals surface area contributed by atoms with Crippen molar-refractivity contribution in [3.63, 3.8) is 0 Å². The number of aromatic carboxylic acids is 1.